The number of carbonyl (C=O) groups is 1. The number of nitrogens with zero attached hydrogens (tertiary/aromatic N) is 1. The molecule has 0 fully saturated rings. The lowest BCUT2D eigenvalue weighted by Crippen LogP contribution is -2.31. The van der Waals surface area contributed by atoms with Crippen molar-refractivity contribution in [3.63, 3.8) is 0 Å². The Kier molecular flexibility index (Phi) is 5.54. The van der Waals surface area contributed by atoms with Gasteiger partial charge in [-0.3, -0.25) is 4.79 Å². The number of methoxy groups -OCH3 is 2. The molecule has 154 valence electrons. The molecule has 0 spiro atoms. The summed E-state index contributed by atoms with van der Waals surface area (Å²) in [4.78, 5) is 20.9. The number of ether oxygens (including phenoxy) is 2. The summed E-state index contributed by atoms with van der Waals surface area (Å²) in [6.07, 6.45) is 0. The maximum Gasteiger partial charge on any atom is 0.269 e. The number of fused-ring (bicyclic) bond motifs is 3. The molecule has 0 unspecified atom stereocenters. The predicted octanol–water partition coefficient (Wildman–Crippen LogP) is 3.35. The van der Waals surface area contributed by atoms with Crippen molar-refractivity contribution >= 4 is 27.7 Å². The van der Waals surface area contributed by atoms with Gasteiger partial charge in [0.25, 0.3) is 5.91 Å². The summed E-state index contributed by atoms with van der Waals surface area (Å²) in [6.45, 7) is 1.21. The fourth-order valence-corrected chi connectivity index (χ4v) is 3.55. The van der Waals surface area contributed by atoms with Crippen molar-refractivity contribution in [2.75, 3.05) is 34.4 Å². The van der Waals surface area contributed by atoms with Crippen molar-refractivity contribution in [1.82, 2.24) is 20.6 Å². The van der Waals surface area contributed by atoms with Crippen molar-refractivity contribution in [3.8, 4) is 22.8 Å². The van der Waals surface area contributed by atoms with Crippen molar-refractivity contribution in [1.29, 1.82) is 0 Å². The summed E-state index contributed by atoms with van der Waals surface area (Å²) < 4.78 is 10.8. The molecule has 7 nitrogen and oxygen atoms in total. The van der Waals surface area contributed by atoms with Gasteiger partial charge < -0.3 is 25.1 Å². The molecule has 0 aliphatic heterocycles. The number of H-pyrrole nitrogens is 1. The van der Waals surface area contributed by atoms with E-state index in [1.165, 1.54) is 0 Å². The summed E-state index contributed by atoms with van der Waals surface area (Å²) in [6, 6.07) is 15.5. The number of aromatic amines is 1. The first-order chi connectivity index (χ1) is 14.7. The Labute approximate surface area is 174 Å². The van der Waals surface area contributed by atoms with Crippen LogP contribution in [-0.4, -0.2) is 50.2 Å². The Balaban J connectivity index is 1.92. The average molecular weight is 404 g/mol. The predicted molar refractivity (Wildman–Crippen MR) is 118 cm³/mol. The van der Waals surface area contributed by atoms with Gasteiger partial charge in [0, 0.05) is 34.9 Å². The minimum Gasteiger partial charge on any atom is -0.493 e. The Morgan fingerprint density at radius 1 is 1.00 bits per heavy atom. The first kappa shape index (κ1) is 19.7. The summed E-state index contributed by atoms with van der Waals surface area (Å²) >= 11 is 0. The van der Waals surface area contributed by atoms with E-state index < -0.39 is 0 Å². The minimum atomic E-state index is -0.209. The van der Waals surface area contributed by atoms with Crippen LogP contribution in [0.25, 0.3) is 33.1 Å². The van der Waals surface area contributed by atoms with Crippen LogP contribution in [0.3, 0.4) is 0 Å². The van der Waals surface area contributed by atoms with Crippen molar-refractivity contribution in [2.24, 2.45) is 0 Å². The molecule has 2 aromatic carbocycles. The van der Waals surface area contributed by atoms with E-state index >= 15 is 0 Å². The number of nitrogens with one attached hydrogen (secondary N) is 3. The van der Waals surface area contributed by atoms with Crippen LogP contribution >= 0.6 is 0 Å². The summed E-state index contributed by atoms with van der Waals surface area (Å²) in [5, 5.41) is 7.92. The van der Waals surface area contributed by atoms with Gasteiger partial charge in [-0.2, -0.15) is 0 Å². The van der Waals surface area contributed by atoms with Gasteiger partial charge in [-0.05, 0) is 37.4 Å². The lowest BCUT2D eigenvalue weighted by Gasteiger charge is -2.11. The monoisotopic (exact) mass is 404 g/mol. The molecule has 0 saturated carbocycles. The van der Waals surface area contributed by atoms with Gasteiger partial charge in [0.15, 0.2) is 11.5 Å². The van der Waals surface area contributed by atoms with Crippen LogP contribution in [0.2, 0.25) is 0 Å². The number of aromatic nitrogens is 2. The van der Waals surface area contributed by atoms with Crippen LogP contribution in [0.15, 0.2) is 48.5 Å². The Hall–Kier alpha value is -3.58. The molecule has 2 aromatic heterocycles. The standard InChI is InChI=1S/C23H24N4O3/c1-24-10-11-25-23(28)18-13-16-15-6-4-5-7-17(15)26-22(16)21(27-18)14-8-9-19(29-2)20(12-14)30-3/h4-9,12-13,24,26H,10-11H2,1-3H3,(H,25,28). The SMILES string of the molecule is CNCCNC(=O)c1cc2c([nH]c3ccccc32)c(-c2ccc(OC)c(OC)c2)n1. The zero-order chi connectivity index (χ0) is 21.1. The number of likely N-dealkylation sites (N-methyl/N-ethyl adjacent to an activating group) is 1. The van der Waals surface area contributed by atoms with Gasteiger partial charge in [0.05, 0.1) is 25.4 Å². The first-order valence-electron chi connectivity index (χ1n) is 9.73. The van der Waals surface area contributed by atoms with Crippen molar-refractivity contribution in [2.45, 2.75) is 0 Å². The molecule has 4 rings (SSSR count). The molecule has 0 aliphatic rings. The number of hydrogen-bond acceptors (Lipinski definition) is 5. The Morgan fingerprint density at radius 2 is 1.80 bits per heavy atom. The molecule has 7 heteroatoms. The third-order valence-electron chi connectivity index (χ3n) is 5.05. The van der Waals surface area contributed by atoms with Crippen LogP contribution in [0.1, 0.15) is 10.5 Å². The third kappa shape index (κ3) is 3.55. The number of rotatable bonds is 7. The highest BCUT2D eigenvalue weighted by atomic mass is 16.5. The van der Waals surface area contributed by atoms with E-state index in [0.717, 1.165) is 27.4 Å². The smallest absolute Gasteiger partial charge is 0.269 e. The van der Waals surface area contributed by atoms with Gasteiger partial charge in [0.2, 0.25) is 0 Å². The van der Waals surface area contributed by atoms with Crippen LogP contribution < -0.4 is 20.1 Å². The van der Waals surface area contributed by atoms with E-state index in [0.29, 0.717) is 36.0 Å². The molecular weight excluding hydrogens is 380 g/mol. The average Bonchev–Trinajstić information content (AvgIpc) is 3.16. The molecule has 0 saturated heterocycles. The maximum atomic E-state index is 12.8. The molecule has 2 heterocycles. The molecule has 0 aliphatic carbocycles. The number of carbonyl (C=O) groups excluding carboxylic acids is 1. The second kappa shape index (κ2) is 8.42. The van der Waals surface area contributed by atoms with Crippen molar-refractivity contribution < 1.29 is 14.3 Å². The quantitative estimate of drug-likeness (QED) is 0.411. The van der Waals surface area contributed by atoms with Crippen LogP contribution in [0, 0.1) is 0 Å². The highest BCUT2D eigenvalue weighted by Crippen LogP contribution is 2.36. The highest BCUT2D eigenvalue weighted by molar-refractivity contribution is 6.13. The number of para-hydroxylation sites is 1. The Bertz CT molecular complexity index is 1220. The summed E-state index contributed by atoms with van der Waals surface area (Å²) in [5.74, 6) is 1.03. The number of pyridine rings is 1. The Morgan fingerprint density at radius 3 is 2.57 bits per heavy atom. The molecule has 0 atom stereocenters. The van der Waals surface area contributed by atoms with E-state index in [1.807, 2.05) is 55.6 Å². The molecule has 30 heavy (non-hydrogen) atoms. The topological polar surface area (TPSA) is 88.3 Å². The largest absolute Gasteiger partial charge is 0.493 e. The lowest BCUT2D eigenvalue weighted by atomic mass is 10.1. The van der Waals surface area contributed by atoms with Crippen LogP contribution in [-0.2, 0) is 0 Å². The van der Waals surface area contributed by atoms with E-state index in [2.05, 4.69) is 15.6 Å². The van der Waals surface area contributed by atoms with E-state index in [4.69, 9.17) is 14.5 Å². The van der Waals surface area contributed by atoms with Crippen LogP contribution in [0.5, 0.6) is 11.5 Å². The van der Waals surface area contributed by atoms with E-state index in [9.17, 15) is 4.79 Å². The van der Waals surface area contributed by atoms with E-state index in [-0.39, 0.29) is 5.91 Å². The van der Waals surface area contributed by atoms with Crippen molar-refractivity contribution in [3.05, 3.63) is 54.2 Å². The summed E-state index contributed by atoms with van der Waals surface area (Å²) in [7, 11) is 5.04. The highest BCUT2D eigenvalue weighted by Gasteiger charge is 2.18. The van der Waals surface area contributed by atoms with Gasteiger partial charge in [0.1, 0.15) is 5.69 Å². The zero-order valence-corrected chi connectivity index (χ0v) is 17.2. The fraction of sp³-hybridized carbons (Fsp3) is 0.217. The van der Waals surface area contributed by atoms with Gasteiger partial charge in [-0.1, -0.05) is 18.2 Å². The number of benzene rings is 2. The first-order valence-corrected chi connectivity index (χ1v) is 9.73. The third-order valence-corrected chi connectivity index (χ3v) is 5.05. The minimum absolute atomic E-state index is 0.209. The maximum absolute atomic E-state index is 12.8. The molecule has 4 aromatic rings. The van der Waals surface area contributed by atoms with E-state index in [1.54, 1.807) is 14.2 Å². The molecule has 0 bridgehead atoms. The molecular formula is C23H24N4O3. The molecule has 3 N–H and O–H groups in total. The summed E-state index contributed by atoms with van der Waals surface area (Å²) in [5.41, 5.74) is 3.74. The fourth-order valence-electron chi connectivity index (χ4n) is 3.55. The number of amides is 1. The second-order valence-corrected chi connectivity index (χ2v) is 6.88. The second-order valence-electron chi connectivity index (χ2n) is 6.88. The van der Waals surface area contributed by atoms with Crippen LogP contribution in [0.4, 0.5) is 0 Å². The van der Waals surface area contributed by atoms with Gasteiger partial charge >= 0.3 is 0 Å². The zero-order valence-electron chi connectivity index (χ0n) is 17.2. The van der Waals surface area contributed by atoms with Gasteiger partial charge in [-0.15, -0.1) is 0 Å². The van der Waals surface area contributed by atoms with Gasteiger partial charge in [-0.25, -0.2) is 4.98 Å². The normalized spacial score (nSPS) is 11.0. The molecule has 1 amide bonds. The lowest BCUT2D eigenvalue weighted by molar-refractivity contribution is 0.0949. The molecule has 0 radical (unpaired) electrons. The number of hydrogen-bond donors (Lipinski definition) is 3.